The molecule has 0 aromatic carbocycles. The first kappa shape index (κ1) is 15.0. The number of hydrazone groups is 1. The summed E-state index contributed by atoms with van der Waals surface area (Å²) in [4.78, 5) is 32.4. The Morgan fingerprint density at radius 2 is 1.95 bits per heavy atom. The number of aromatic nitrogens is 1. The van der Waals surface area contributed by atoms with Gasteiger partial charge in [-0.15, -0.1) is 11.3 Å². The van der Waals surface area contributed by atoms with Crippen molar-refractivity contribution < 1.29 is 9.59 Å². The summed E-state index contributed by atoms with van der Waals surface area (Å²) in [5.41, 5.74) is 1.52. The molecule has 1 saturated heterocycles. The first-order valence-electron chi connectivity index (χ1n) is 7.35. The van der Waals surface area contributed by atoms with Gasteiger partial charge in [-0.25, -0.2) is 9.99 Å². The maximum atomic E-state index is 12.5. The van der Waals surface area contributed by atoms with Crippen molar-refractivity contribution in [3.8, 4) is 0 Å². The normalized spacial score (nSPS) is 19.5. The Morgan fingerprint density at radius 1 is 1.23 bits per heavy atom. The van der Waals surface area contributed by atoms with Gasteiger partial charge in [-0.1, -0.05) is 0 Å². The Bertz CT molecular complexity index is 619. The third-order valence-corrected chi connectivity index (χ3v) is 4.92. The number of hydrogen-bond acceptors (Lipinski definition) is 6. The molecule has 2 aliphatic rings. The lowest BCUT2D eigenvalue weighted by atomic mass is 10.1. The zero-order valence-corrected chi connectivity index (χ0v) is 13.6. The van der Waals surface area contributed by atoms with Gasteiger partial charge in [0.1, 0.15) is 5.71 Å². The predicted octanol–water partition coefficient (Wildman–Crippen LogP) is 0.708. The Kier molecular flexibility index (Phi) is 4.10. The standard InChI is InChI=1S/C14H19N5O2S/c1-10-9-22-14(15-10)19-7-5-18(6-8-19)13(21)11-3-4-12(20)17(2)16-11/h9H,3-8H2,1-2H3. The number of amides is 2. The van der Waals surface area contributed by atoms with Gasteiger partial charge in [0, 0.05) is 51.4 Å². The molecule has 22 heavy (non-hydrogen) atoms. The molecule has 0 unspecified atom stereocenters. The summed E-state index contributed by atoms with van der Waals surface area (Å²) in [6.07, 6.45) is 0.799. The third-order valence-electron chi connectivity index (χ3n) is 3.90. The molecule has 1 aromatic heterocycles. The van der Waals surface area contributed by atoms with Crippen molar-refractivity contribution in [3.05, 3.63) is 11.1 Å². The summed E-state index contributed by atoms with van der Waals surface area (Å²) in [6.45, 7) is 4.86. The molecule has 1 fully saturated rings. The van der Waals surface area contributed by atoms with E-state index in [1.54, 1.807) is 18.4 Å². The fraction of sp³-hybridized carbons (Fsp3) is 0.571. The highest BCUT2D eigenvalue weighted by Crippen LogP contribution is 2.21. The summed E-state index contributed by atoms with van der Waals surface area (Å²) in [5.74, 6) is -0.0881. The average molecular weight is 321 g/mol. The minimum Gasteiger partial charge on any atom is -0.345 e. The van der Waals surface area contributed by atoms with Crippen molar-refractivity contribution in [2.45, 2.75) is 19.8 Å². The lowest BCUT2D eigenvalue weighted by Gasteiger charge is -2.35. The van der Waals surface area contributed by atoms with E-state index in [-0.39, 0.29) is 11.8 Å². The smallest absolute Gasteiger partial charge is 0.270 e. The van der Waals surface area contributed by atoms with Gasteiger partial charge in [0.2, 0.25) is 5.91 Å². The molecule has 0 aliphatic carbocycles. The Morgan fingerprint density at radius 3 is 2.55 bits per heavy atom. The average Bonchev–Trinajstić information content (AvgIpc) is 2.96. The summed E-state index contributed by atoms with van der Waals surface area (Å²) in [7, 11) is 1.59. The highest BCUT2D eigenvalue weighted by atomic mass is 32.1. The molecule has 0 bridgehead atoms. The molecule has 2 aliphatic heterocycles. The molecule has 0 atom stereocenters. The van der Waals surface area contributed by atoms with Gasteiger partial charge in [0.15, 0.2) is 5.13 Å². The molecule has 2 amide bonds. The number of hydrogen-bond donors (Lipinski definition) is 0. The molecule has 0 saturated carbocycles. The van der Waals surface area contributed by atoms with Crippen molar-refractivity contribution in [2.24, 2.45) is 5.10 Å². The van der Waals surface area contributed by atoms with Crippen LogP contribution in [-0.2, 0) is 9.59 Å². The van der Waals surface area contributed by atoms with Crippen LogP contribution in [0.2, 0.25) is 0 Å². The van der Waals surface area contributed by atoms with Crippen LogP contribution in [0.4, 0.5) is 5.13 Å². The molecule has 118 valence electrons. The first-order valence-corrected chi connectivity index (χ1v) is 8.23. The molecule has 8 heteroatoms. The van der Waals surface area contributed by atoms with Gasteiger partial charge in [-0.3, -0.25) is 9.59 Å². The lowest BCUT2D eigenvalue weighted by Crippen LogP contribution is -2.51. The van der Waals surface area contributed by atoms with Gasteiger partial charge in [0.25, 0.3) is 5.91 Å². The highest BCUT2D eigenvalue weighted by molar-refractivity contribution is 7.13. The van der Waals surface area contributed by atoms with Crippen LogP contribution in [0, 0.1) is 6.92 Å². The monoisotopic (exact) mass is 321 g/mol. The number of carbonyl (C=O) groups is 2. The molecular formula is C14H19N5O2S. The lowest BCUT2D eigenvalue weighted by molar-refractivity contribution is -0.130. The van der Waals surface area contributed by atoms with Crippen LogP contribution in [0.1, 0.15) is 18.5 Å². The SMILES string of the molecule is Cc1csc(N2CCN(C(=O)C3=NN(C)C(=O)CC3)CC2)n1. The van der Waals surface area contributed by atoms with Crippen LogP contribution in [0.25, 0.3) is 0 Å². The van der Waals surface area contributed by atoms with Gasteiger partial charge in [-0.2, -0.15) is 5.10 Å². The van der Waals surface area contributed by atoms with E-state index in [0.29, 0.717) is 31.6 Å². The van der Waals surface area contributed by atoms with Crippen LogP contribution in [-0.4, -0.2) is 65.6 Å². The summed E-state index contributed by atoms with van der Waals surface area (Å²) in [5, 5.41) is 8.43. The largest absolute Gasteiger partial charge is 0.345 e. The second-order valence-corrected chi connectivity index (χ2v) is 6.35. The maximum absolute atomic E-state index is 12.5. The minimum atomic E-state index is -0.0469. The summed E-state index contributed by atoms with van der Waals surface area (Å²) < 4.78 is 0. The second-order valence-electron chi connectivity index (χ2n) is 5.51. The Labute approximate surface area is 133 Å². The molecule has 3 heterocycles. The summed E-state index contributed by atoms with van der Waals surface area (Å²) in [6, 6.07) is 0. The Balaban J connectivity index is 1.60. The topological polar surface area (TPSA) is 69.1 Å². The molecule has 0 spiro atoms. The molecule has 0 N–H and O–H groups in total. The maximum Gasteiger partial charge on any atom is 0.270 e. The van der Waals surface area contributed by atoms with Crippen LogP contribution in [0.5, 0.6) is 0 Å². The van der Waals surface area contributed by atoms with Gasteiger partial charge in [-0.05, 0) is 6.92 Å². The molecule has 0 radical (unpaired) electrons. The predicted molar refractivity (Wildman–Crippen MR) is 85.1 cm³/mol. The van der Waals surface area contributed by atoms with E-state index in [1.165, 1.54) is 5.01 Å². The van der Waals surface area contributed by atoms with E-state index < -0.39 is 0 Å². The zero-order valence-electron chi connectivity index (χ0n) is 12.8. The van der Waals surface area contributed by atoms with Gasteiger partial charge < -0.3 is 9.80 Å². The van der Waals surface area contributed by atoms with Crippen molar-refractivity contribution in [1.82, 2.24) is 14.9 Å². The number of nitrogens with zero attached hydrogens (tertiary/aromatic N) is 5. The summed E-state index contributed by atoms with van der Waals surface area (Å²) >= 11 is 1.64. The number of carbonyl (C=O) groups excluding carboxylic acids is 2. The molecule has 7 nitrogen and oxygen atoms in total. The van der Waals surface area contributed by atoms with Crippen LogP contribution in [0.3, 0.4) is 0 Å². The van der Waals surface area contributed by atoms with Crippen molar-refractivity contribution in [3.63, 3.8) is 0 Å². The van der Waals surface area contributed by atoms with E-state index in [9.17, 15) is 9.59 Å². The van der Waals surface area contributed by atoms with Crippen molar-refractivity contribution >= 4 is 34.0 Å². The molecule has 3 rings (SSSR count). The second kappa shape index (κ2) is 6.04. The zero-order chi connectivity index (χ0) is 15.7. The van der Waals surface area contributed by atoms with Crippen molar-refractivity contribution in [1.29, 1.82) is 0 Å². The van der Waals surface area contributed by atoms with E-state index >= 15 is 0 Å². The number of piperazine rings is 1. The Hall–Kier alpha value is -1.96. The van der Waals surface area contributed by atoms with E-state index in [2.05, 4.69) is 15.0 Å². The molecule has 1 aromatic rings. The van der Waals surface area contributed by atoms with Gasteiger partial charge in [0.05, 0.1) is 5.69 Å². The number of thiazole rings is 1. The van der Waals surface area contributed by atoms with E-state index in [0.717, 1.165) is 23.9 Å². The van der Waals surface area contributed by atoms with Crippen LogP contribution in [0.15, 0.2) is 10.5 Å². The van der Waals surface area contributed by atoms with E-state index in [1.807, 2.05) is 17.2 Å². The van der Waals surface area contributed by atoms with Gasteiger partial charge >= 0.3 is 0 Å². The first-order chi connectivity index (χ1) is 10.5. The number of aryl methyl sites for hydroxylation is 1. The fourth-order valence-corrected chi connectivity index (χ4v) is 3.45. The number of rotatable bonds is 2. The van der Waals surface area contributed by atoms with Crippen LogP contribution >= 0.6 is 11.3 Å². The van der Waals surface area contributed by atoms with Crippen molar-refractivity contribution in [2.75, 3.05) is 38.1 Å². The van der Waals surface area contributed by atoms with E-state index in [4.69, 9.17) is 0 Å². The third kappa shape index (κ3) is 2.96. The van der Waals surface area contributed by atoms with Crippen LogP contribution < -0.4 is 4.90 Å². The highest BCUT2D eigenvalue weighted by Gasteiger charge is 2.28. The molecular weight excluding hydrogens is 302 g/mol. The number of anilines is 1. The quantitative estimate of drug-likeness (QED) is 0.804. The fourth-order valence-electron chi connectivity index (χ4n) is 2.59. The minimum absolute atomic E-state index is 0.0412.